The summed E-state index contributed by atoms with van der Waals surface area (Å²) in [5, 5.41) is 0. The van der Waals surface area contributed by atoms with E-state index in [0.29, 0.717) is 0 Å². The number of benzene rings is 1. The van der Waals surface area contributed by atoms with E-state index < -0.39 is 10.1 Å². The van der Waals surface area contributed by atoms with Gasteiger partial charge in [0.2, 0.25) is 0 Å². The Labute approximate surface area is 201 Å². The van der Waals surface area contributed by atoms with Gasteiger partial charge in [0.1, 0.15) is 5.75 Å². The maximum absolute atomic E-state index is 10.7. The Bertz CT molecular complexity index is 632. The average Bonchev–Trinajstić information content (AvgIpc) is 2.65. The summed E-state index contributed by atoms with van der Waals surface area (Å²) in [5.41, 5.74) is 2.57. The molecule has 0 N–H and O–H groups in total. The number of rotatable bonds is 17. The summed E-state index contributed by atoms with van der Waals surface area (Å²) in [5.74, 6) is 0.475. The first-order chi connectivity index (χ1) is 13.5. The van der Waals surface area contributed by atoms with Crippen LogP contribution < -0.4 is 34.3 Å². The predicted molar refractivity (Wildman–Crippen MR) is 116 cm³/mol. The fourth-order valence-electron chi connectivity index (χ4n) is 3.39. The van der Waals surface area contributed by atoms with E-state index >= 15 is 0 Å². The van der Waals surface area contributed by atoms with Crippen molar-refractivity contribution in [1.82, 2.24) is 0 Å². The summed E-state index contributed by atoms with van der Waals surface area (Å²) < 4.78 is 38.0. The molecule has 0 saturated carbocycles. The van der Waals surface area contributed by atoms with E-state index in [1.807, 2.05) is 6.07 Å². The van der Waals surface area contributed by atoms with Crippen LogP contribution in [0, 0.1) is 0 Å². The van der Waals surface area contributed by atoms with Crippen LogP contribution >= 0.6 is 0 Å². The van der Waals surface area contributed by atoms with Crippen molar-refractivity contribution in [2.75, 3.05) is 12.4 Å². The van der Waals surface area contributed by atoms with Crippen LogP contribution in [-0.4, -0.2) is 25.3 Å². The predicted octanol–water partition coefficient (Wildman–Crippen LogP) is 3.03. The second-order valence-corrected chi connectivity index (χ2v) is 9.26. The van der Waals surface area contributed by atoms with Crippen molar-refractivity contribution >= 4 is 10.1 Å². The van der Waals surface area contributed by atoms with E-state index in [9.17, 15) is 13.0 Å². The van der Waals surface area contributed by atoms with Crippen molar-refractivity contribution in [3.63, 3.8) is 0 Å². The second kappa shape index (κ2) is 17.6. The molecule has 0 aliphatic rings. The minimum Gasteiger partial charge on any atom is -0.748 e. The Morgan fingerprint density at radius 1 is 0.828 bits per heavy atom. The van der Waals surface area contributed by atoms with Crippen molar-refractivity contribution < 1.29 is 47.3 Å². The third-order valence-corrected chi connectivity index (χ3v) is 5.83. The van der Waals surface area contributed by atoms with Gasteiger partial charge in [-0.25, -0.2) is 8.42 Å². The molecule has 0 amide bonds. The van der Waals surface area contributed by atoms with Gasteiger partial charge in [0.25, 0.3) is 0 Å². The molecule has 0 aliphatic heterocycles. The Balaban J connectivity index is 0.00000784. The smallest absolute Gasteiger partial charge is 0.748 e. The zero-order valence-corrected chi connectivity index (χ0v) is 21.7. The molecule has 1 aromatic rings. The summed E-state index contributed by atoms with van der Waals surface area (Å²) in [7, 11) is -4.17. The van der Waals surface area contributed by atoms with Crippen LogP contribution in [0.25, 0.3) is 0 Å². The van der Waals surface area contributed by atoms with E-state index in [-0.39, 0.29) is 48.3 Å². The third kappa shape index (κ3) is 15.4. The molecule has 6 heteroatoms. The molecule has 0 spiro atoms. The van der Waals surface area contributed by atoms with Gasteiger partial charge in [-0.3, -0.25) is 0 Å². The first-order valence-electron chi connectivity index (χ1n) is 11.1. The summed E-state index contributed by atoms with van der Waals surface area (Å²) in [6, 6.07) is 6.41. The molecule has 0 saturated heterocycles. The minimum absolute atomic E-state index is 0. The Hall–Kier alpha value is -0.0700. The Morgan fingerprint density at radius 3 is 2.00 bits per heavy atom. The van der Waals surface area contributed by atoms with Gasteiger partial charge in [-0.05, 0) is 49.3 Å². The molecule has 1 aromatic carbocycles. The van der Waals surface area contributed by atoms with Crippen LogP contribution in [-0.2, 0) is 23.0 Å². The molecule has 0 bridgehead atoms. The molecular formula is C23H39NaO4S. The van der Waals surface area contributed by atoms with Crippen LogP contribution in [0.15, 0.2) is 18.2 Å². The SMILES string of the molecule is CCCCCCCc1ccc(OCCCS(=O)(=O)[O-])c(CCCCCCC)c1.[Na+]. The van der Waals surface area contributed by atoms with Crippen LogP contribution in [0.3, 0.4) is 0 Å². The van der Waals surface area contributed by atoms with Gasteiger partial charge in [0.05, 0.1) is 16.7 Å². The minimum atomic E-state index is -4.17. The molecule has 162 valence electrons. The van der Waals surface area contributed by atoms with Gasteiger partial charge < -0.3 is 9.29 Å². The first-order valence-corrected chi connectivity index (χ1v) is 12.7. The zero-order valence-electron chi connectivity index (χ0n) is 18.9. The van der Waals surface area contributed by atoms with E-state index in [0.717, 1.165) is 25.0 Å². The molecule has 0 atom stereocenters. The average molecular weight is 435 g/mol. The van der Waals surface area contributed by atoms with Crippen molar-refractivity contribution in [3.8, 4) is 5.75 Å². The molecule has 1 rings (SSSR count). The van der Waals surface area contributed by atoms with E-state index in [1.165, 1.54) is 68.9 Å². The molecule has 0 aliphatic carbocycles. The maximum atomic E-state index is 10.7. The largest absolute Gasteiger partial charge is 1.00 e. The van der Waals surface area contributed by atoms with Gasteiger partial charge in [0.15, 0.2) is 0 Å². The van der Waals surface area contributed by atoms with Crippen molar-refractivity contribution in [3.05, 3.63) is 29.3 Å². The number of aryl methyl sites for hydroxylation is 2. The van der Waals surface area contributed by atoms with Crippen molar-refractivity contribution in [2.45, 2.75) is 97.3 Å². The molecule has 0 heterocycles. The number of ether oxygens (including phenoxy) is 1. The molecular weight excluding hydrogens is 395 g/mol. The van der Waals surface area contributed by atoms with Crippen LogP contribution in [0.5, 0.6) is 5.75 Å². The standard InChI is InChI=1S/C23H40O4S.Na/c1-3-5-7-9-11-14-21-16-17-23(27-18-13-19-28(24,25)26)22(20-21)15-12-10-8-6-4-2;/h16-17,20H,3-15,18-19H2,1-2H3,(H,24,25,26);/q;+1/p-1. The molecule has 4 nitrogen and oxygen atoms in total. The summed E-state index contributed by atoms with van der Waals surface area (Å²) in [4.78, 5) is 0. The Morgan fingerprint density at radius 2 is 1.41 bits per heavy atom. The number of hydrogen-bond donors (Lipinski definition) is 0. The first kappa shape index (κ1) is 28.9. The van der Waals surface area contributed by atoms with Crippen LogP contribution in [0.1, 0.15) is 95.6 Å². The quantitative estimate of drug-likeness (QED) is 0.215. The van der Waals surface area contributed by atoms with Gasteiger partial charge in [-0.1, -0.05) is 77.3 Å². The molecule has 0 aromatic heterocycles. The van der Waals surface area contributed by atoms with Gasteiger partial charge in [0, 0.05) is 5.75 Å². The van der Waals surface area contributed by atoms with Gasteiger partial charge >= 0.3 is 29.6 Å². The zero-order chi connectivity index (χ0) is 20.7. The molecule has 0 radical (unpaired) electrons. The van der Waals surface area contributed by atoms with Crippen molar-refractivity contribution in [2.24, 2.45) is 0 Å². The Kier molecular flexibility index (Phi) is 17.6. The summed E-state index contributed by atoms with van der Waals surface area (Å²) in [6.07, 6.45) is 14.9. The van der Waals surface area contributed by atoms with Crippen LogP contribution in [0.2, 0.25) is 0 Å². The maximum Gasteiger partial charge on any atom is 1.00 e. The topological polar surface area (TPSA) is 66.4 Å². The van der Waals surface area contributed by atoms with E-state index in [1.54, 1.807) is 0 Å². The third-order valence-electron chi connectivity index (χ3n) is 5.04. The number of hydrogen-bond acceptors (Lipinski definition) is 4. The molecule has 0 fully saturated rings. The second-order valence-electron chi connectivity index (χ2n) is 7.73. The summed E-state index contributed by atoms with van der Waals surface area (Å²) in [6.45, 7) is 4.72. The summed E-state index contributed by atoms with van der Waals surface area (Å²) >= 11 is 0. The van der Waals surface area contributed by atoms with Gasteiger partial charge in [-0.15, -0.1) is 0 Å². The normalized spacial score (nSPS) is 11.3. The van der Waals surface area contributed by atoms with Crippen molar-refractivity contribution in [1.29, 1.82) is 0 Å². The molecule has 29 heavy (non-hydrogen) atoms. The van der Waals surface area contributed by atoms with E-state index in [2.05, 4.69) is 26.0 Å². The van der Waals surface area contributed by atoms with E-state index in [4.69, 9.17) is 4.74 Å². The van der Waals surface area contributed by atoms with Crippen LogP contribution in [0.4, 0.5) is 0 Å². The molecule has 0 unspecified atom stereocenters. The van der Waals surface area contributed by atoms with Gasteiger partial charge in [-0.2, -0.15) is 0 Å². The number of unbranched alkanes of at least 4 members (excludes halogenated alkanes) is 8. The fourth-order valence-corrected chi connectivity index (χ4v) is 3.87. The monoisotopic (exact) mass is 434 g/mol. The fraction of sp³-hybridized carbons (Fsp3) is 0.739.